The van der Waals surface area contributed by atoms with Gasteiger partial charge in [0.25, 0.3) is 0 Å². The third kappa shape index (κ3) is 3.47. The highest BCUT2D eigenvalue weighted by atomic mass is 127. The third-order valence-corrected chi connectivity index (χ3v) is 11.7. The molecular formula is C10H6I4S3. The Balaban J connectivity index is 2.44. The maximum absolute atomic E-state index is 2.46. The number of hydrogen-bond acceptors (Lipinski definition) is 3. The van der Waals surface area contributed by atoms with Crippen molar-refractivity contribution in [1.82, 2.24) is 0 Å². The van der Waals surface area contributed by atoms with Gasteiger partial charge in [-0.1, -0.05) is 11.8 Å². The first-order chi connectivity index (χ1) is 7.91. The van der Waals surface area contributed by atoms with E-state index in [1.54, 1.807) is 0 Å². The van der Waals surface area contributed by atoms with Gasteiger partial charge in [-0.05, 0) is 115 Å². The quantitative estimate of drug-likeness (QED) is 0.301. The first kappa shape index (κ1) is 16.0. The fourth-order valence-corrected chi connectivity index (χ4v) is 11.6. The van der Waals surface area contributed by atoms with Crippen molar-refractivity contribution in [3.63, 3.8) is 0 Å². The monoisotopic (exact) mass is 730 g/mol. The van der Waals surface area contributed by atoms with E-state index in [1.807, 2.05) is 34.4 Å². The standard InChI is InChI=1S/C10H6I4S3/c1-3-5(9(13)16-7(3)11)15-6-4(2)8(12)17-10(6)14/h1-2H3. The highest BCUT2D eigenvalue weighted by Gasteiger charge is 2.18. The molecule has 0 aliphatic carbocycles. The summed E-state index contributed by atoms with van der Waals surface area (Å²) in [6.45, 7) is 4.45. The molecule has 0 fully saturated rings. The highest BCUT2D eigenvalue weighted by Crippen LogP contribution is 2.45. The maximum atomic E-state index is 2.46. The Morgan fingerprint density at radius 3 is 1.29 bits per heavy atom. The lowest BCUT2D eigenvalue weighted by molar-refractivity contribution is 1.29. The predicted molar refractivity (Wildman–Crippen MR) is 113 cm³/mol. The minimum absolute atomic E-state index is 1.41. The zero-order valence-electron chi connectivity index (χ0n) is 8.74. The van der Waals surface area contributed by atoms with E-state index in [2.05, 4.69) is 104 Å². The van der Waals surface area contributed by atoms with Crippen LogP contribution >= 0.6 is 125 Å². The topological polar surface area (TPSA) is 0 Å². The summed E-state index contributed by atoms with van der Waals surface area (Å²) in [6.07, 6.45) is 0. The van der Waals surface area contributed by atoms with Crippen molar-refractivity contribution in [1.29, 1.82) is 0 Å². The van der Waals surface area contributed by atoms with Gasteiger partial charge in [0.05, 0.1) is 11.5 Å². The van der Waals surface area contributed by atoms with Crippen LogP contribution in [0.1, 0.15) is 11.1 Å². The van der Waals surface area contributed by atoms with Gasteiger partial charge < -0.3 is 0 Å². The second kappa shape index (κ2) is 6.62. The summed E-state index contributed by atoms with van der Waals surface area (Å²) in [7, 11) is 0. The van der Waals surface area contributed by atoms with E-state index >= 15 is 0 Å². The van der Waals surface area contributed by atoms with Gasteiger partial charge in [0.2, 0.25) is 0 Å². The van der Waals surface area contributed by atoms with Crippen LogP contribution in [0, 0.1) is 25.4 Å². The van der Waals surface area contributed by atoms with Gasteiger partial charge in [0.15, 0.2) is 0 Å². The molecule has 2 aromatic heterocycles. The van der Waals surface area contributed by atoms with Crippen LogP contribution in [0.5, 0.6) is 0 Å². The summed E-state index contributed by atoms with van der Waals surface area (Å²) in [4.78, 5) is 2.88. The summed E-state index contributed by atoms with van der Waals surface area (Å²) in [5, 5.41) is 0. The Morgan fingerprint density at radius 1 is 0.706 bits per heavy atom. The van der Waals surface area contributed by atoms with Gasteiger partial charge in [0.1, 0.15) is 0 Å². The zero-order chi connectivity index (χ0) is 12.7. The largest absolute Gasteiger partial charge is 0.122 e. The summed E-state index contributed by atoms with van der Waals surface area (Å²) in [6, 6.07) is 0. The Hall–Kier alpha value is 2.67. The van der Waals surface area contributed by atoms with Crippen LogP contribution < -0.4 is 0 Å². The molecule has 0 saturated carbocycles. The van der Waals surface area contributed by atoms with Crippen molar-refractivity contribution >= 4 is 125 Å². The molecule has 17 heavy (non-hydrogen) atoms. The Kier molecular flexibility index (Phi) is 6.25. The minimum atomic E-state index is 1.41. The predicted octanol–water partition coefficient (Wildman–Crippen LogP) is 7.00. The average Bonchev–Trinajstić information content (AvgIpc) is 2.62. The number of hydrogen-bond donors (Lipinski definition) is 0. The summed E-state index contributed by atoms with van der Waals surface area (Å²) in [5.74, 6) is 0. The van der Waals surface area contributed by atoms with Gasteiger partial charge in [0, 0.05) is 9.79 Å². The van der Waals surface area contributed by atoms with Crippen LogP contribution in [0.2, 0.25) is 0 Å². The number of halogens is 4. The Bertz CT molecular complexity index is 520. The molecule has 2 heterocycles. The van der Waals surface area contributed by atoms with E-state index < -0.39 is 0 Å². The molecular weight excluding hydrogens is 724 g/mol. The zero-order valence-corrected chi connectivity index (χ0v) is 19.8. The fourth-order valence-electron chi connectivity index (χ4n) is 1.21. The molecule has 0 N–H and O–H groups in total. The van der Waals surface area contributed by atoms with E-state index in [4.69, 9.17) is 0 Å². The van der Waals surface area contributed by atoms with E-state index in [0.717, 1.165) is 0 Å². The molecule has 2 aromatic rings. The lowest BCUT2D eigenvalue weighted by Crippen LogP contribution is -1.80. The molecule has 0 aliphatic heterocycles. The van der Waals surface area contributed by atoms with Crippen LogP contribution in [0.15, 0.2) is 9.79 Å². The lowest BCUT2D eigenvalue weighted by atomic mass is 10.4. The van der Waals surface area contributed by atoms with E-state index in [1.165, 1.54) is 32.5 Å². The second-order valence-electron chi connectivity index (χ2n) is 3.31. The van der Waals surface area contributed by atoms with Gasteiger partial charge in [-0.3, -0.25) is 0 Å². The molecule has 0 amide bonds. The average molecular weight is 730 g/mol. The lowest BCUT2D eigenvalue weighted by Gasteiger charge is -2.03. The Labute approximate surface area is 168 Å². The molecule has 0 aliphatic rings. The molecule has 0 saturated heterocycles. The molecule has 0 nitrogen and oxygen atoms in total. The fraction of sp³-hybridized carbons (Fsp3) is 0.200. The van der Waals surface area contributed by atoms with Gasteiger partial charge in [-0.15, -0.1) is 22.7 Å². The van der Waals surface area contributed by atoms with E-state index in [9.17, 15) is 0 Å². The first-order valence-electron chi connectivity index (χ1n) is 4.48. The molecule has 0 spiro atoms. The first-order valence-corrected chi connectivity index (χ1v) is 11.2. The van der Waals surface area contributed by atoms with Crippen molar-refractivity contribution in [3.8, 4) is 0 Å². The third-order valence-electron chi connectivity index (χ3n) is 2.19. The highest BCUT2D eigenvalue weighted by molar-refractivity contribution is 14.1. The van der Waals surface area contributed by atoms with Gasteiger partial charge in [-0.25, -0.2) is 0 Å². The number of rotatable bonds is 2. The molecule has 0 unspecified atom stereocenters. The van der Waals surface area contributed by atoms with Crippen LogP contribution in [0.4, 0.5) is 0 Å². The molecule has 0 atom stereocenters. The van der Waals surface area contributed by atoms with Crippen molar-refractivity contribution in [3.05, 3.63) is 22.7 Å². The Morgan fingerprint density at radius 2 is 1.06 bits per heavy atom. The molecule has 7 heteroatoms. The van der Waals surface area contributed by atoms with Crippen LogP contribution in [0.3, 0.4) is 0 Å². The maximum Gasteiger partial charge on any atom is 0.0806 e. The smallest absolute Gasteiger partial charge is 0.0806 e. The van der Waals surface area contributed by atoms with Crippen LogP contribution in [-0.2, 0) is 0 Å². The molecule has 0 bridgehead atoms. The summed E-state index contributed by atoms with van der Waals surface area (Å²) >= 11 is 15.5. The van der Waals surface area contributed by atoms with Crippen LogP contribution in [0.25, 0.3) is 0 Å². The van der Waals surface area contributed by atoms with Crippen molar-refractivity contribution in [2.24, 2.45) is 0 Å². The van der Waals surface area contributed by atoms with E-state index in [0.29, 0.717) is 0 Å². The molecule has 0 radical (unpaired) electrons. The summed E-state index contributed by atoms with van der Waals surface area (Å²) < 4.78 is 5.64. The molecule has 2 rings (SSSR count). The summed E-state index contributed by atoms with van der Waals surface area (Å²) in [5.41, 5.74) is 2.86. The van der Waals surface area contributed by atoms with Gasteiger partial charge >= 0.3 is 0 Å². The SMILES string of the molecule is Cc1c(I)sc(I)c1Sc1c(I)sc(I)c1C. The van der Waals surface area contributed by atoms with Crippen molar-refractivity contribution in [2.45, 2.75) is 23.6 Å². The number of thiophene rings is 2. The molecule has 92 valence electrons. The minimum Gasteiger partial charge on any atom is -0.122 e. The van der Waals surface area contributed by atoms with Crippen molar-refractivity contribution in [2.75, 3.05) is 0 Å². The molecule has 0 aromatic carbocycles. The van der Waals surface area contributed by atoms with E-state index in [-0.39, 0.29) is 0 Å². The van der Waals surface area contributed by atoms with Crippen LogP contribution in [-0.4, -0.2) is 0 Å². The van der Waals surface area contributed by atoms with Gasteiger partial charge in [-0.2, -0.15) is 0 Å². The van der Waals surface area contributed by atoms with Crippen molar-refractivity contribution < 1.29 is 0 Å². The second-order valence-corrected chi connectivity index (χ2v) is 13.6. The normalized spacial score (nSPS) is 11.2.